The fourth-order valence-electron chi connectivity index (χ4n) is 2.82. The third-order valence-electron chi connectivity index (χ3n) is 4.10. The molecule has 0 saturated carbocycles. The zero-order valence-electron chi connectivity index (χ0n) is 14.2. The lowest BCUT2D eigenvalue weighted by molar-refractivity contribution is 0.687. The van der Waals surface area contributed by atoms with Crippen molar-refractivity contribution in [2.45, 2.75) is 6.54 Å². The first kappa shape index (κ1) is 15.9. The van der Waals surface area contributed by atoms with Crippen LogP contribution < -0.4 is 11.1 Å². The van der Waals surface area contributed by atoms with Gasteiger partial charge in [0.25, 0.3) is 0 Å². The number of anilines is 3. The SMILES string of the molecule is Nc1ccc(Nc2ccccc2)cc1-c1ccn(Cc2cccnc2)n1. The van der Waals surface area contributed by atoms with E-state index in [-0.39, 0.29) is 0 Å². The van der Waals surface area contributed by atoms with Crippen molar-refractivity contribution in [1.29, 1.82) is 0 Å². The Hall–Kier alpha value is -3.60. The van der Waals surface area contributed by atoms with E-state index in [1.807, 2.05) is 83.8 Å². The molecule has 4 aromatic rings. The smallest absolute Gasteiger partial charge is 0.0944 e. The summed E-state index contributed by atoms with van der Waals surface area (Å²) in [6, 6.07) is 21.9. The average molecular weight is 341 g/mol. The minimum absolute atomic E-state index is 0.676. The van der Waals surface area contributed by atoms with Gasteiger partial charge in [-0.3, -0.25) is 9.67 Å². The molecule has 0 fully saturated rings. The molecule has 5 nitrogen and oxygen atoms in total. The van der Waals surface area contributed by atoms with Crippen LogP contribution in [0.2, 0.25) is 0 Å². The summed E-state index contributed by atoms with van der Waals surface area (Å²) in [7, 11) is 0. The molecule has 0 bridgehead atoms. The van der Waals surface area contributed by atoms with Gasteiger partial charge in [0, 0.05) is 41.2 Å². The first-order chi connectivity index (χ1) is 12.8. The maximum atomic E-state index is 6.19. The molecule has 5 heteroatoms. The van der Waals surface area contributed by atoms with Crippen LogP contribution >= 0.6 is 0 Å². The van der Waals surface area contributed by atoms with Gasteiger partial charge in [-0.1, -0.05) is 24.3 Å². The summed E-state index contributed by atoms with van der Waals surface area (Å²) in [5.74, 6) is 0. The number of nitrogens with zero attached hydrogens (tertiary/aromatic N) is 3. The highest BCUT2D eigenvalue weighted by Gasteiger charge is 2.08. The fourth-order valence-corrected chi connectivity index (χ4v) is 2.82. The number of rotatable bonds is 5. The number of aromatic nitrogens is 3. The van der Waals surface area contributed by atoms with Gasteiger partial charge in [-0.15, -0.1) is 0 Å². The number of para-hydroxylation sites is 1. The molecule has 26 heavy (non-hydrogen) atoms. The van der Waals surface area contributed by atoms with E-state index in [1.54, 1.807) is 6.20 Å². The average Bonchev–Trinajstić information content (AvgIpc) is 3.13. The minimum atomic E-state index is 0.676. The van der Waals surface area contributed by atoms with E-state index in [2.05, 4.69) is 15.4 Å². The molecule has 0 saturated heterocycles. The highest BCUT2D eigenvalue weighted by molar-refractivity contribution is 5.78. The van der Waals surface area contributed by atoms with E-state index < -0.39 is 0 Å². The van der Waals surface area contributed by atoms with Crippen molar-refractivity contribution in [3.63, 3.8) is 0 Å². The molecule has 0 unspecified atom stereocenters. The predicted molar refractivity (Wildman–Crippen MR) is 105 cm³/mol. The van der Waals surface area contributed by atoms with Crippen molar-refractivity contribution >= 4 is 17.1 Å². The van der Waals surface area contributed by atoms with Crippen molar-refractivity contribution in [2.24, 2.45) is 0 Å². The lowest BCUT2D eigenvalue weighted by atomic mass is 10.1. The number of hydrogen-bond acceptors (Lipinski definition) is 4. The normalized spacial score (nSPS) is 10.6. The van der Waals surface area contributed by atoms with Crippen LogP contribution in [0.15, 0.2) is 85.3 Å². The summed E-state index contributed by atoms with van der Waals surface area (Å²) in [6.45, 7) is 0.676. The second kappa shape index (κ2) is 7.11. The minimum Gasteiger partial charge on any atom is -0.398 e. The zero-order valence-corrected chi connectivity index (χ0v) is 14.2. The summed E-state index contributed by atoms with van der Waals surface area (Å²) in [5, 5.41) is 8.06. The number of benzene rings is 2. The van der Waals surface area contributed by atoms with Crippen LogP contribution in [0.1, 0.15) is 5.56 Å². The van der Waals surface area contributed by atoms with E-state index in [1.165, 1.54) is 0 Å². The van der Waals surface area contributed by atoms with Gasteiger partial charge in [0.1, 0.15) is 0 Å². The number of pyridine rings is 1. The van der Waals surface area contributed by atoms with Gasteiger partial charge in [-0.25, -0.2) is 0 Å². The van der Waals surface area contributed by atoms with Crippen LogP contribution in [-0.4, -0.2) is 14.8 Å². The summed E-state index contributed by atoms with van der Waals surface area (Å²) in [5.41, 5.74) is 11.8. The molecular formula is C21H19N5. The Labute approximate surface area is 152 Å². The van der Waals surface area contributed by atoms with Crippen molar-refractivity contribution in [1.82, 2.24) is 14.8 Å². The monoisotopic (exact) mass is 341 g/mol. The van der Waals surface area contributed by atoms with Crippen LogP contribution in [0.4, 0.5) is 17.1 Å². The van der Waals surface area contributed by atoms with E-state index in [9.17, 15) is 0 Å². The Kier molecular flexibility index (Phi) is 4.35. The van der Waals surface area contributed by atoms with Crippen molar-refractivity contribution in [2.75, 3.05) is 11.1 Å². The maximum absolute atomic E-state index is 6.19. The fraction of sp³-hybridized carbons (Fsp3) is 0.0476. The van der Waals surface area contributed by atoms with Gasteiger partial charge in [-0.05, 0) is 48.0 Å². The van der Waals surface area contributed by atoms with Gasteiger partial charge < -0.3 is 11.1 Å². The van der Waals surface area contributed by atoms with Gasteiger partial charge in [0.2, 0.25) is 0 Å². The molecule has 3 N–H and O–H groups in total. The first-order valence-corrected chi connectivity index (χ1v) is 8.42. The summed E-state index contributed by atoms with van der Waals surface area (Å²) < 4.78 is 1.89. The molecule has 0 atom stereocenters. The van der Waals surface area contributed by atoms with Crippen LogP contribution in [0.25, 0.3) is 11.3 Å². The van der Waals surface area contributed by atoms with E-state index in [4.69, 9.17) is 5.73 Å². The third kappa shape index (κ3) is 3.57. The standard InChI is InChI=1S/C21H19N5/c22-20-9-8-18(24-17-6-2-1-3-7-17)13-19(20)21-10-12-26(25-21)15-16-5-4-11-23-14-16/h1-14,24H,15,22H2. The summed E-state index contributed by atoms with van der Waals surface area (Å²) >= 11 is 0. The Morgan fingerprint density at radius 2 is 1.81 bits per heavy atom. The van der Waals surface area contributed by atoms with E-state index in [0.717, 1.165) is 28.2 Å². The molecule has 128 valence electrons. The molecular weight excluding hydrogens is 322 g/mol. The first-order valence-electron chi connectivity index (χ1n) is 8.42. The van der Waals surface area contributed by atoms with Crippen LogP contribution in [0.3, 0.4) is 0 Å². The van der Waals surface area contributed by atoms with Gasteiger partial charge in [0.05, 0.1) is 12.2 Å². The van der Waals surface area contributed by atoms with Crippen LogP contribution in [0.5, 0.6) is 0 Å². The third-order valence-corrected chi connectivity index (χ3v) is 4.10. The molecule has 4 rings (SSSR count). The highest BCUT2D eigenvalue weighted by Crippen LogP contribution is 2.29. The highest BCUT2D eigenvalue weighted by atomic mass is 15.3. The lowest BCUT2D eigenvalue weighted by Gasteiger charge is -2.10. The second-order valence-electron chi connectivity index (χ2n) is 6.05. The topological polar surface area (TPSA) is 68.8 Å². The summed E-state index contributed by atoms with van der Waals surface area (Å²) in [4.78, 5) is 4.14. The molecule has 0 aliphatic carbocycles. The molecule has 0 spiro atoms. The van der Waals surface area contributed by atoms with Gasteiger partial charge >= 0.3 is 0 Å². The van der Waals surface area contributed by atoms with E-state index >= 15 is 0 Å². The van der Waals surface area contributed by atoms with Crippen molar-refractivity contribution in [3.05, 3.63) is 90.9 Å². The molecule has 0 aliphatic rings. The van der Waals surface area contributed by atoms with Crippen molar-refractivity contribution in [3.8, 4) is 11.3 Å². The van der Waals surface area contributed by atoms with Crippen LogP contribution in [-0.2, 0) is 6.54 Å². The number of nitrogen functional groups attached to an aromatic ring is 1. The molecule has 0 amide bonds. The molecule has 2 heterocycles. The molecule has 2 aromatic carbocycles. The second-order valence-corrected chi connectivity index (χ2v) is 6.05. The quantitative estimate of drug-likeness (QED) is 0.531. The number of nitrogens with two attached hydrogens (primary N) is 1. The van der Waals surface area contributed by atoms with Crippen LogP contribution in [0, 0.1) is 0 Å². The predicted octanol–water partition coefficient (Wildman–Crippen LogP) is 4.32. The molecule has 0 aliphatic heterocycles. The Balaban J connectivity index is 1.58. The maximum Gasteiger partial charge on any atom is 0.0944 e. The Bertz CT molecular complexity index is 993. The summed E-state index contributed by atoms with van der Waals surface area (Å²) in [6.07, 6.45) is 5.57. The Morgan fingerprint density at radius 3 is 2.62 bits per heavy atom. The Morgan fingerprint density at radius 1 is 0.923 bits per heavy atom. The van der Waals surface area contributed by atoms with Gasteiger partial charge in [-0.2, -0.15) is 5.10 Å². The lowest BCUT2D eigenvalue weighted by Crippen LogP contribution is -2.01. The molecule has 0 radical (unpaired) electrons. The van der Waals surface area contributed by atoms with E-state index in [0.29, 0.717) is 12.2 Å². The number of nitrogens with one attached hydrogen (secondary N) is 1. The van der Waals surface area contributed by atoms with Crippen molar-refractivity contribution < 1.29 is 0 Å². The molecule has 2 aromatic heterocycles. The zero-order chi connectivity index (χ0) is 17.8. The van der Waals surface area contributed by atoms with Gasteiger partial charge in [0.15, 0.2) is 0 Å². The number of hydrogen-bond donors (Lipinski definition) is 2. The largest absolute Gasteiger partial charge is 0.398 e.